The van der Waals surface area contributed by atoms with Gasteiger partial charge in [-0.1, -0.05) is 18.2 Å². The molecule has 0 aliphatic rings. The van der Waals surface area contributed by atoms with E-state index in [1.807, 2.05) is 0 Å². The number of nitro benzene ring substituents is 1. The Morgan fingerprint density at radius 3 is 2.36 bits per heavy atom. The zero-order valence-electron chi connectivity index (χ0n) is 15.9. The zero-order valence-corrected chi connectivity index (χ0v) is 16.7. The normalized spacial score (nSPS) is 11.4. The van der Waals surface area contributed by atoms with Gasteiger partial charge < -0.3 is 5.32 Å². The monoisotopic (exact) mass is 405 g/mol. The van der Waals surface area contributed by atoms with Gasteiger partial charge in [0.25, 0.3) is 5.69 Å². The van der Waals surface area contributed by atoms with Gasteiger partial charge in [0.15, 0.2) is 0 Å². The Kier molecular flexibility index (Phi) is 6.87. The molecular formula is C19H23N3O5S. The second-order valence-electron chi connectivity index (χ2n) is 6.67. The number of hydrogen-bond donors (Lipinski definition) is 2. The molecule has 150 valence electrons. The van der Waals surface area contributed by atoms with Crippen molar-refractivity contribution in [1.29, 1.82) is 0 Å². The van der Waals surface area contributed by atoms with Crippen molar-refractivity contribution in [2.45, 2.75) is 44.6 Å². The molecule has 8 nitrogen and oxygen atoms in total. The van der Waals surface area contributed by atoms with E-state index >= 15 is 0 Å². The average molecular weight is 405 g/mol. The number of anilines is 1. The standard InChI is InChI=1S/C19H23N3O5S/c1-13(2)21-28(26,27)16-10-7-15(8-11-16)9-12-19(23)20-17-5-4-6-18(14(17)3)22(24)25/h4-8,10-11,13,21H,9,12H2,1-3H3,(H,20,23). The number of nitrogens with one attached hydrogen (secondary N) is 2. The van der Waals surface area contributed by atoms with Gasteiger partial charge in [0.2, 0.25) is 15.9 Å². The van der Waals surface area contributed by atoms with E-state index in [1.54, 1.807) is 39.0 Å². The van der Waals surface area contributed by atoms with Gasteiger partial charge in [0, 0.05) is 18.5 Å². The Hall–Kier alpha value is -2.78. The Labute approximate surface area is 164 Å². The van der Waals surface area contributed by atoms with Crippen LogP contribution >= 0.6 is 0 Å². The molecule has 0 aromatic heterocycles. The Morgan fingerprint density at radius 2 is 1.79 bits per heavy atom. The lowest BCUT2D eigenvalue weighted by Crippen LogP contribution is -2.30. The predicted molar refractivity (Wildman–Crippen MR) is 107 cm³/mol. The molecule has 0 aliphatic heterocycles. The van der Waals surface area contributed by atoms with Crippen LogP contribution in [0.15, 0.2) is 47.4 Å². The quantitative estimate of drug-likeness (QED) is 0.516. The second kappa shape index (κ2) is 8.94. The van der Waals surface area contributed by atoms with Crippen molar-refractivity contribution in [3.63, 3.8) is 0 Å². The minimum Gasteiger partial charge on any atom is -0.326 e. The lowest BCUT2D eigenvalue weighted by atomic mass is 10.1. The van der Waals surface area contributed by atoms with E-state index in [0.29, 0.717) is 17.7 Å². The summed E-state index contributed by atoms with van der Waals surface area (Å²) in [5, 5.41) is 13.7. The molecule has 2 rings (SSSR count). The number of nitrogens with zero attached hydrogens (tertiary/aromatic N) is 1. The van der Waals surface area contributed by atoms with Crippen LogP contribution in [-0.4, -0.2) is 25.3 Å². The molecule has 9 heteroatoms. The van der Waals surface area contributed by atoms with E-state index in [1.165, 1.54) is 24.3 Å². The van der Waals surface area contributed by atoms with Crippen LogP contribution in [0.2, 0.25) is 0 Å². The van der Waals surface area contributed by atoms with Gasteiger partial charge in [-0.2, -0.15) is 0 Å². The van der Waals surface area contributed by atoms with E-state index < -0.39 is 14.9 Å². The molecule has 0 heterocycles. The third kappa shape index (κ3) is 5.61. The molecular weight excluding hydrogens is 382 g/mol. The number of rotatable bonds is 8. The maximum Gasteiger partial charge on any atom is 0.274 e. The summed E-state index contributed by atoms with van der Waals surface area (Å²) in [6.07, 6.45) is 0.580. The molecule has 2 aromatic rings. The summed E-state index contributed by atoms with van der Waals surface area (Å²) >= 11 is 0. The summed E-state index contributed by atoms with van der Waals surface area (Å²) in [5.74, 6) is -0.276. The first-order chi connectivity index (χ1) is 13.1. The van der Waals surface area contributed by atoms with Crippen LogP contribution in [0.3, 0.4) is 0 Å². The fourth-order valence-corrected chi connectivity index (χ4v) is 3.89. The van der Waals surface area contributed by atoms with Crippen LogP contribution in [0.5, 0.6) is 0 Å². The van der Waals surface area contributed by atoms with Crippen molar-refractivity contribution >= 4 is 27.3 Å². The molecule has 0 atom stereocenters. The average Bonchev–Trinajstić information content (AvgIpc) is 2.61. The van der Waals surface area contributed by atoms with E-state index in [-0.39, 0.29) is 29.0 Å². The maximum absolute atomic E-state index is 12.2. The first-order valence-electron chi connectivity index (χ1n) is 8.75. The van der Waals surface area contributed by atoms with Gasteiger partial charge in [-0.25, -0.2) is 13.1 Å². The van der Waals surface area contributed by atoms with Crippen molar-refractivity contribution in [2.24, 2.45) is 0 Å². The number of carbonyl (C=O) groups excluding carboxylic acids is 1. The summed E-state index contributed by atoms with van der Waals surface area (Å²) in [7, 11) is -3.55. The molecule has 0 saturated carbocycles. The summed E-state index contributed by atoms with van der Waals surface area (Å²) in [6, 6.07) is 10.7. The minimum absolute atomic E-state index is 0.0513. The number of amides is 1. The van der Waals surface area contributed by atoms with Gasteiger partial charge >= 0.3 is 0 Å². The third-order valence-corrected chi connectivity index (χ3v) is 5.72. The second-order valence-corrected chi connectivity index (χ2v) is 8.39. The van der Waals surface area contributed by atoms with Crippen LogP contribution in [0.25, 0.3) is 0 Å². The van der Waals surface area contributed by atoms with Crippen LogP contribution < -0.4 is 10.0 Å². The van der Waals surface area contributed by atoms with E-state index in [4.69, 9.17) is 0 Å². The van der Waals surface area contributed by atoms with Crippen molar-refractivity contribution < 1.29 is 18.1 Å². The van der Waals surface area contributed by atoms with Gasteiger partial charge in [-0.3, -0.25) is 14.9 Å². The largest absolute Gasteiger partial charge is 0.326 e. The molecule has 0 unspecified atom stereocenters. The molecule has 2 N–H and O–H groups in total. The molecule has 0 saturated heterocycles. The fraction of sp³-hybridized carbons (Fsp3) is 0.316. The zero-order chi connectivity index (χ0) is 20.9. The van der Waals surface area contributed by atoms with Gasteiger partial charge in [-0.15, -0.1) is 0 Å². The van der Waals surface area contributed by atoms with E-state index in [9.17, 15) is 23.3 Å². The summed E-state index contributed by atoms with van der Waals surface area (Å²) in [5.41, 5.74) is 1.56. The van der Waals surface area contributed by atoms with Crippen LogP contribution in [0.4, 0.5) is 11.4 Å². The molecule has 1 amide bonds. The van der Waals surface area contributed by atoms with Gasteiger partial charge in [0.05, 0.1) is 21.1 Å². The fourth-order valence-electron chi connectivity index (χ4n) is 2.64. The van der Waals surface area contributed by atoms with Crippen LogP contribution in [0, 0.1) is 17.0 Å². The van der Waals surface area contributed by atoms with E-state index in [2.05, 4.69) is 10.0 Å². The highest BCUT2D eigenvalue weighted by Gasteiger charge is 2.16. The molecule has 0 fully saturated rings. The van der Waals surface area contributed by atoms with Crippen LogP contribution in [-0.2, 0) is 21.2 Å². The number of aryl methyl sites for hydroxylation is 1. The highest BCUT2D eigenvalue weighted by molar-refractivity contribution is 7.89. The lowest BCUT2D eigenvalue weighted by molar-refractivity contribution is -0.385. The number of carbonyl (C=O) groups is 1. The smallest absolute Gasteiger partial charge is 0.274 e. The Morgan fingerprint density at radius 1 is 1.14 bits per heavy atom. The van der Waals surface area contributed by atoms with Crippen molar-refractivity contribution in [3.05, 3.63) is 63.7 Å². The summed E-state index contributed by atoms with van der Waals surface area (Å²) in [6.45, 7) is 5.07. The molecule has 28 heavy (non-hydrogen) atoms. The Balaban J connectivity index is 1.98. The van der Waals surface area contributed by atoms with Crippen molar-refractivity contribution in [1.82, 2.24) is 4.72 Å². The molecule has 0 aliphatic carbocycles. The van der Waals surface area contributed by atoms with Gasteiger partial charge in [0.1, 0.15) is 0 Å². The number of nitro groups is 1. The highest BCUT2D eigenvalue weighted by Crippen LogP contribution is 2.25. The number of sulfonamides is 1. The number of hydrogen-bond acceptors (Lipinski definition) is 5. The van der Waals surface area contributed by atoms with Gasteiger partial charge in [-0.05, 0) is 51.0 Å². The first-order valence-corrected chi connectivity index (χ1v) is 10.2. The topological polar surface area (TPSA) is 118 Å². The van der Waals surface area contributed by atoms with Crippen molar-refractivity contribution in [2.75, 3.05) is 5.32 Å². The van der Waals surface area contributed by atoms with E-state index in [0.717, 1.165) is 5.56 Å². The molecule has 2 aromatic carbocycles. The lowest BCUT2D eigenvalue weighted by Gasteiger charge is -2.10. The molecule has 0 radical (unpaired) electrons. The maximum atomic E-state index is 12.2. The minimum atomic E-state index is -3.55. The molecule has 0 bridgehead atoms. The van der Waals surface area contributed by atoms with Crippen LogP contribution in [0.1, 0.15) is 31.4 Å². The first kappa shape index (κ1) is 21.5. The van der Waals surface area contributed by atoms with Crippen molar-refractivity contribution in [3.8, 4) is 0 Å². The number of benzene rings is 2. The predicted octanol–water partition coefficient (Wildman–Crippen LogP) is 3.16. The highest BCUT2D eigenvalue weighted by atomic mass is 32.2. The molecule has 0 spiro atoms. The Bertz CT molecular complexity index is 970. The summed E-state index contributed by atoms with van der Waals surface area (Å²) in [4.78, 5) is 22.8. The SMILES string of the molecule is Cc1c(NC(=O)CCc2ccc(S(=O)(=O)NC(C)C)cc2)cccc1[N+](=O)[O-]. The third-order valence-electron chi connectivity index (χ3n) is 4.04. The summed E-state index contributed by atoms with van der Waals surface area (Å²) < 4.78 is 26.7.